The quantitative estimate of drug-likeness (QED) is 0.437. The molecule has 0 aliphatic rings. The molecule has 1 heterocycles. The first-order valence-corrected chi connectivity index (χ1v) is 9.42. The molecule has 0 N–H and O–H groups in total. The molecule has 0 fully saturated rings. The second-order valence-electron chi connectivity index (χ2n) is 6.41. The third-order valence-electron chi connectivity index (χ3n) is 4.36. The summed E-state index contributed by atoms with van der Waals surface area (Å²) in [5.74, 6) is -1.41. The Labute approximate surface area is 178 Å². The number of carbonyl (C=O) groups excluding carboxylic acids is 2. The van der Waals surface area contributed by atoms with Crippen LogP contribution in [0.5, 0.6) is 0 Å². The van der Waals surface area contributed by atoms with Crippen LogP contribution in [0.25, 0.3) is 11.8 Å². The Morgan fingerprint density at radius 2 is 1.83 bits per heavy atom. The van der Waals surface area contributed by atoms with Crippen molar-refractivity contribution in [3.05, 3.63) is 82.9 Å². The highest BCUT2D eigenvalue weighted by Gasteiger charge is 2.15. The highest BCUT2D eigenvalue weighted by Crippen LogP contribution is 2.25. The molecule has 3 rings (SSSR count). The van der Waals surface area contributed by atoms with E-state index < -0.39 is 12.6 Å². The van der Waals surface area contributed by atoms with Crippen LogP contribution < -0.4 is 4.90 Å². The standard InChI is InChI=1S/C22H19ClFN3O3/c1-15-19(22(23)27(25-15)18-10-8-16(24)9-11-18)12-13-21(29)30-14-20(28)26(2)17-6-4-3-5-7-17/h3-13H,14H2,1-2H3/b13-12+. The van der Waals surface area contributed by atoms with Crippen LogP contribution in [-0.2, 0) is 14.3 Å². The van der Waals surface area contributed by atoms with E-state index in [9.17, 15) is 14.0 Å². The van der Waals surface area contributed by atoms with E-state index in [1.165, 1.54) is 33.9 Å². The summed E-state index contributed by atoms with van der Waals surface area (Å²) < 4.78 is 19.6. The number of para-hydroxylation sites is 1. The summed E-state index contributed by atoms with van der Waals surface area (Å²) in [6.45, 7) is 1.34. The van der Waals surface area contributed by atoms with Crippen molar-refractivity contribution in [1.82, 2.24) is 9.78 Å². The fourth-order valence-electron chi connectivity index (χ4n) is 2.68. The number of nitrogens with zero attached hydrogens (tertiary/aromatic N) is 3. The van der Waals surface area contributed by atoms with Crippen molar-refractivity contribution < 1.29 is 18.7 Å². The normalized spacial score (nSPS) is 10.9. The minimum Gasteiger partial charge on any atom is -0.452 e. The van der Waals surface area contributed by atoms with E-state index in [0.717, 1.165) is 0 Å². The van der Waals surface area contributed by atoms with Crippen molar-refractivity contribution in [2.75, 3.05) is 18.6 Å². The number of ether oxygens (including phenoxy) is 1. The lowest BCUT2D eigenvalue weighted by Gasteiger charge is -2.16. The van der Waals surface area contributed by atoms with Gasteiger partial charge in [-0.1, -0.05) is 29.8 Å². The maximum absolute atomic E-state index is 13.1. The third-order valence-corrected chi connectivity index (χ3v) is 4.72. The van der Waals surface area contributed by atoms with Crippen molar-refractivity contribution in [3.63, 3.8) is 0 Å². The van der Waals surface area contributed by atoms with Crippen LogP contribution in [0, 0.1) is 12.7 Å². The number of halogens is 2. The molecule has 0 radical (unpaired) electrons. The predicted molar refractivity (Wildman–Crippen MR) is 113 cm³/mol. The van der Waals surface area contributed by atoms with Crippen molar-refractivity contribution in [3.8, 4) is 5.69 Å². The van der Waals surface area contributed by atoms with Crippen LogP contribution in [0.2, 0.25) is 5.15 Å². The lowest BCUT2D eigenvalue weighted by Crippen LogP contribution is -2.30. The molecule has 0 spiro atoms. The minimum atomic E-state index is -0.685. The van der Waals surface area contributed by atoms with Crippen molar-refractivity contribution in [2.24, 2.45) is 0 Å². The third kappa shape index (κ3) is 4.93. The molecule has 1 amide bonds. The van der Waals surface area contributed by atoms with Gasteiger partial charge >= 0.3 is 5.97 Å². The first-order chi connectivity index (χ1) is 14.4. The highest BCUT2D eigenvalue weighted by molar-refractivity contribution is 6.31. The molecule has 0 bridgehead atoms. The Bertz CT molecular complexity index is 1080. The van der Waals surface area contributed by atoms with Crippen molar-refractivity contribution in [2.45, 2.75) is 6.92 Å². The summed E-state index contributed by atoms with van der Waals surface area (Å²) in [5, 5.41) is 4.58. The zero-order chi connectivity index (χ0) is 21.7. The largest absolute Gasteiger partial charge is 0.452 e. The molecule has 1 aromatic heterocycles. The lowest BCUT2D eigenvalue weighted by atomic mass is 10.2. The van der Waals surface area contributed by atoms with Gasteiger partial charge in [-0.3, -0.25) is 4.79 Å². The summed E-state index contributed by atoms with van der Waals surface area (Å²) >= 11 is 6.37. The van der Waals surface area contributed by atoms with Crippen molar-refractivity contribution >= 4 is 35.2 Å². The lowest BCUT2D eigenvalue weighted by molar-refractivity contribution is -0.142. The van der Waals surface area contributed by atoms with Gasteiger partial charge in [0.15, 0.2) is 6.61 Å². The van der Waals surface area contributed by atoms with Gasteiger partial charge in [-0.05, 0) is 49.4 Å². The molecule has 2 aromatic carbocycles. The Morgan fingerprint density at radius 3 is 2.50 bits per heavy atom. The van der Waals surface area contributed by atoms with Gasteiger partial charge in [0.25, 0.3) is 5.91 Å². The van der Waals surface area contributed by atoms with Crippen molar-refractivity contribution in [1.29, 1.82) is 0 Å². The van der Waals surface area contributed by atoms with Crippen LogP contribution in [0.4, 0.5) is 10.1 Å². The Morgan fingerprint density at radius 1 is 1.17 bits per heavy atom. The van der Waals surface area contributed by atoms with Crippen LogP contribution in [0.15, 0.2) is 60.7 Å². The highest BCUT2D eigenvalue weighted by atomic mass is 35.5. The first kappa shape index (κ1) is 21.3. The summed E-state index contributed by atoms with van der Waals surface area (Å²) in [5.41, 5.74) is 2.38. The van der Waals surface area contributed by atoms with E-state index in [0.29, 0.717) is 22.6 Å². The Kier molecular flexibility index (Phi) is 6.64. The van der Waals surface area contributed by atoms with Gasteiger partial charge < -0.3 is 9.64 Å². The zero-order valence-corrected chi connectivity index (χ0v) is 17.1. The maximum Gasteiger partial charge on any atom is 0.331 e. The summed E-state index contributed by atoms with van der Waals surface area (Å²) in [6, 6.07) is 14.7. The van der Waals surface area contributed by atoms with E-state index in [-0.39, 0.29) is 16.9 Å². The Balaban J connectivity index is 1.64. The number of carbonyl (C=O) groups is 2. The predicted octanol–water partition coefficient (Wildman–Crippen LogP) is 4.19. The molecule has 30 heavy (non-hydrogen) atoms. The van der Waals surface area contributed by atoms with Crippen LogP contribution >= 0.6 is 11.6 Å². The number of rotatable bonds is 6. The van der Waals surface area contributed by atoms with E-state index in [2.05, 4.69) is 5.10 Å². The van der Waals surface area contributed by atoms with Crippen LogP contribution in [0.1, 0.15) is 11.3 Å². The first-order valence-electron chi connectivity index (χ1n) is 9.04. The van der Waals surface area contributed by atoms with Crippen LogP contribution in [-0.4, -0.2) is 35.3 Å². The number of hydrogen-bond donors (Lipinski definition) is 0. The van der Waals surface area contributed by atoms with Gasteiger partial charge in [-0.25, -0.2) is 13.9 Å². The average molecular weight is 428 g/mol. The van der Waals surface area contributed by atoms with Gasteiger partial charge in [0.2, 0.25) is 0 Å². The second-order valence-corrected chi connectivity index (χ2v) is 6.77. The number of likely N-dealkylation sites (N-methyl/N-ethyl adjacent to an activating group) is 1. The molecular weight excluding hydrogens is 409 g/mol. The molecule has 0 unspecified atom stereocenters. The fraction of sp³-hybridized carbons (Fsp3) is 0.136. The molecule has 3 aromatic rings. The maximum atomic E-state index is 13.1. The SMILES string of the molecule is Cc1nn(-c2ccc(F)cc2)c(Cl)c1/C=C/C(=O)OCC(=O)N(C)c1ccccc1. The number of aromatic nitrogens is 2. The van der Waals surface area contributed by atoms with Gasteiger partial charge in [0.05, 0.1) is 11.4 Å². The molecule has 0 saturated carbocycles. The summed E-state index contributed by atoms with van der Waals surface area (Å²) in [6.07, 6.45) is 2.65. The number of benzene rings is 2. The van der Waals surface area contributed by atoms with Crippen LogP contribution in [0.3, 0.4) is 0 Å². The molecule has 6 nitrogen and oxygen atoms in total. The second kappa shape index (κ2) is 9.37. The van der Waals surface area contributed by atoms with E-state index in [1.54, 1.807) is 38.2 Å². The Hall–Kier alpha value is -3.45. The van der Waals surface area contributed by atoms with Gasteiger partial charge in [0.1, 0.15) is 11.0 Å². The van der Waals surface area contributed by atoms with E-state index in [1.807, 2.05) is 18.2 Å². The zero-order valence-electron chi connectivity index (χ0n) is 16.4. The van der Waals surface area contributed by atoms with E-state index in [4.69, 9.17) is 16.3 Å². The molecule has 0 saturated heterocycles. The topological polar surface area (TPSA) is 64.4 Å². The number of hydrogen-bond acceptors (Lipinski definition) is 4. The molecule has 0 atom stereocenters. The monoisotopic (exact) mass is 427 g/mol. The molecule has 0 aliphatic carbocycles. The van der Waals surface area contributed by atoms with E-state index >= 15 is 0 Å². The number of anilines is 1. The smallest absolute Gasteiger partial charge is 0.331 e. The van der Waals surface area contributed by atoms with Gasteiger partial charge in [0, 0.05) is 24.4 Å². The van der Waals surface area contributed by atoms with Gasteiger partial charge in [-0.2, -0.15) is 5.10 Å². The fourth-order valence-corrected chi connectivity index (χ4v) is 3.01. The summed E-state index contributed by atoms with van der Waals surface area (Å²) in [4.78, 5) is 25.6. The summed E-state index contributed by atoms with van der Waals surface area (Å²) in [7, 11) is 1.61. The molecule has 0 aliphatic heterocycles. The average Bonchev–Trinajstić information content (AvgIpc) is 3.04. The molecule has 154 valence electrons. The van der Waals surface area contributed by atoms with Gasteiger partial charge in [-0.15, -0.1) is 0 Å². The number of amides is 1. The molecular formula is C22H19ClFN3O3. The minimum absolute atomic E-state index is 0.267. The number of esters is 1. The molecule has 8 heteroatoms. The number of aryl methyl sites for hydroxylation is 1.